The zero-order chi connectivity index (χ0) is 16.5. The number of hydrogen-bond donors (Lipinski definition) is 1. The highest BCUT2D eigenvalue weighted by molar-refractivity contribution is 7.80. The highest BCUT2D eigenvalue weighted by atomic mass is 32.1. The van der Waals surface area contributed by atoms with Crippen LogP contribution in [-0.2, 0) is 0 Å². The summed E-state index contributed by atoms with van der Waals surface area (Å²) in [6.45, 7) is 0. The van der Waals surface area contributed by atoms with Crippen molar-refractivity contribution in [1.82, 2.24) is 0 Å². The molecule has 0 N–H and O–H groups in total. The maximum atomic E-state index is 13.7. The van der Waals surface area contributed by atoms with Gasteiger partial charge in [0, 0.05) is 16.4 Å². The molecule has 0 radical (unpaired) electrons. The van der Waals surface area contributed by atoms with Gasteiger partial charge in [-0.15, -0.1) is 12.6 Å². The van der Waals surface area contributed by atoms with Gasteiger partial charge in [-0.2, -0.15) is 13.2 Å². The average molecular weight is 332 g/mol. The zero-order valence-electron chi connectivity index (χ0n) is 10.6. The van der Waals surface area contributed by atoms with Crippen molar-refractivity contribution in [2.45, 2.75) is 11.1 Å². The second kappa shape index (κ2) is 5.97. The fourth-order valence-electron chi connectivity index (χ4n) is 1.72. The molecule has 114 valence electrons. The van der Waals surface area contributed by atoms with Gasteiger partial charge in [0.15, 0.2) is 0 Å². The van der Waals surface area contributed by atoms with Gasteiger partial charge in [-0.3, -0.25) is 0 Å². The number of thiol groups is 1. The van der Waals surface area contributed by atoms with E-state index in [2.05, 4.69) is 12.6 Å². The lowest BCUT2D eigenvalue weighted by atomic mass is 10.0. The number of hydrogen-bond acceptors (Lipinski definition) is 1. The van der Waals surface area contributed by atoms with Gasteiger partial charge >= 0.3 is 6.18 Å². The zero-order valence-corrected chi connectivity index (χ0v) is 11.5. The normalized spacial score (nSPS) is 11.0. The van der Waals surface area contributed by atoms with Crippen LogP contribution in [0, 0.1) is 29.3 Å². The van der Waals surface area contributed by atoms with E-state index in [1.54, 1.807) is 0 Å². The summed E-state index contributed by atoms with van der Waals surface area (Å²) in [5, 5.41) is 0. The first-order chi connectivity index (χ1) is 10.2. The Morgan fingerprint density at radius 3 is 1.95 bits per heavy atom. The highest BCUT2D eigenvalue weighted by Gasteiger charge is 2.23. The number of rotatable bonds is 1. The predicted molar refractivity (Wildman–Crippen MR) is 71.9 cm³/mol. The lowest BCUT2D eigenvalue weighted by Crippen LogP contribution is -2.02. The third-order valence-electron chi connectivity index (χ3n) is 2.64. The molecule has 0 aliphatic heterocycles. The van der Waals surface area contributed by atoms with Crippen molar-refractivity contribution < 1.29 is 26.3 Å². The molecule has 22 heavy (non-hydrogen) atoms. The van der Waals surface area contributed by atoms with Crippen LogP contribution in [0.3, 0.4) is 0 Å². The molecule has 0 aromatic heterocycles. The Balaban J connectivity index is 2.52. The van der Waals surface area contributed by atoms with Crippen molar-refractivity contribution >= 4 is 12.6 Å². The second-order valence-corrected chi connectivity index (χ2v) is 4.74. The summed E-state index contributed by atoms with van der Waals surface area (Å²) < 4.78 is 77.1. The van der Waals surface area contributed by atoms with Crippen molar-refractivity contribution in [3.8, 4) is 23.0 Å². The third-order valence-corrected chi connectivity index (χ3v) is 2.91. The fourth-order valence-corrected chi connectivity index (χ4v) is 1.91. The molecule has 2 rings (SSSR count). The van der Waals surface area contributed by atoms with Gasteiger partial charge in [-0.25, -0.2) is 13.2 Å². The Kier molecular flexibility index (Phi) is 4.42. The summed E-state index contributed by atoms with van der Waals surface area (Å²) in [4.78, 5) is 0.315. The van der Waals surface area contributed by atoms with Gasteiger partial charge in [0.2, 0.25) is 0 Å². The molecular weight excluding hydrogens is 326 g/mol. The van der Waals surface area contributed by atoms with Crippen LogP contribution in [0.15, 0.2) is 35.2 Å². The van der Waals surface area contributed by atoms with Gasteiger partial charge in [0.25, 0.3) is 0 Å². The Bertz CT molecular complexity index is 760. The quantitative estimate of drug-likeness (QED) is 0.425. The minimum absolute atomic E-state index is 0.106. The molecule has 2 aromatic carbocycles. The smallest absolute Gasteiger partial charge is 0.206 e. The molecule has 0 aliphatic carbocycles. The fraction of sp³-hybridized carbons (Fsp3) is 0.0667. The van der Waals surface area contributed by atoms with E-state index in [1.807, 2.05) is 0 Å². The summed E-state index contributed by atoms with van der Waals surface area (Å²) in [5.74, 6) is -1.20. The van der Waals surface area contributed by atoms with E-state index in [9.17, 15) is 26.3 Å². The monoisotopic (exact) mass is 332 g/mol. The lowest BCUT2D eigenvalue weighted by Gasteiger charge is -2.06. The van der Waals surface area contributed by atoms with E-state index < -0.39 is 29.2 Å². The molecule has 0 atom stereocenters. The summed E-state index contributed by atoms with van der Waals surface area (Å²) >= 11 is 3.91. The van der Waals surface area contributed by atoms with Crippen molar-refractivity contribution in [2.24, 2.45) is 0 Å². The third kappa shape index (κ3) is 3.77. The molecule has 0 nitrogen and oxygen atoms in total. The molecule has 0 aliphatic rings. The van der Waals surface area contributed by atoms with Crippen molar-refractivity contribution in [3.05, 3.63) is 53.3 Å². The largest absolute Gasteiger partial charge is 0.458 e. The van der Waals surface area contributed by atoms with Gasteiger partial charge < -0.3 is 0 Å². The maximum Gasteiger partial charge on any atom is 0.458 e. The standard InChI is InChI=1S/C15H6F6S/c16-12-5-8(10-2-1-9(22)7-14(10)18)6-13(17)11(12)3-4-15(19,20)21/h1-2,5-7,22H. The van der Waals surface area contributed by atoms with Gasteiger partial charge in [-0.05, 0) is 29.8 Å². The molecule has 2 aromatic rings. The SMILES string of the molecule is Fc1cc(S)ccc1-c1cc(F)c(C#CC(F)(F)F)c(F)c1. The van der Waals surface area contributed by atoms with Crippen molar-refractivity contribution in [1.29, 1.82) is 0 Å². The van der Waals surface area contributed by atoms with Crippen LogP contribution in [0.5, 0.6) is 0 Å². The molecule has 0 saturated heterocycles. The van der Waals surface area contributed by atoms with Crippen molar-refractivity contribution in [3.63, 3.8) is 0 Å². The number of alkyl halides is 3. The van der Waals surface area contributed by atoms with E-state index in [1.165, 1.54) is 18.1 Å². The van der Waals surface area contributed by atoms with E-state index >= 15 is 0 Å². The van der Waals surface area contributed by atoms with Crippen LogP contribution < -0.4 is 0 Å². The highest BCUT2D eigenvalue weighted by Crippen LogP contribution is 2.28. The summed E-state index contributed by atoms with van der Waals surface area (Å²) in [6, 6.07) is 5.16. The van der Waals surface area contributed by atoms with Gasteiger partial charge in [-0.1, -0.05) is 12.0 Å². The molecule has 7 heteroatoms. The minimum atomic E-state index is -4.87. The number of halogens is 6. The lowest BCUT2D eigenvalue weighted by molar-refractivity contribution is -0.0696. The van der Waals surface area contributed by atoms with Crippen LogP contribution in [0.2, 0.25) is 0 Å². The van der Waals surface area contributed by atoms with Crippen molar-refractivity contribution in [2.75, 3.05) is 0 Å². The Hall–Kier alpha value is -2.07. The first kappa shape index (κ1) is 16.3. The van der Waals surface area contributed by atoms with E-state index in [0.717, 1.165) is 24.1 Å². The van der Waals surface area contributed by atoms with E-state index in [-0.39, 0.29) is 11.1 Å². The molecule has 0 fully saturated rings. The summed E-state index contributed by atoms with van der Waals surface area (Å²) in [6.07, 6.45) is -4.87. The average Bonchev–Trinajstić information content (AvgIpc) is 2.36. The summed E-state index contributed by atoms with van der Waals surface area (Å²) in [5.41, 5.74) is -1.28. The molecule has 0 unspecified atom stereocenters. The molecule has 0 bridgehead atoms. The van der Waals surface area contributed by atoms with Crippen LogP contribution in [0.25, 0.3) is 11.1 Å². The predicted octanol–water partition coefficient (Wildman–Crippen LogP) is 4.97. The van der Waals surface area contributed by atoms with Crippen LogP contribution >= 0.6 is 12.6 Å². The minimum Gasteiger partial charge on any atom is -0.206 e. The molecule has 0 saturated carbocycles. The summed E-state index contributed by atoms with van der Waals surface area (Å²) in [7, 11) is 0. The molecule has 0 heterocycles. The second-order valence-electron chi connectivity index (χ2n) is 4.23. The first-order valence-corrected chi connectivity index (χ1v) is 6.20. The Labute approximate surface area is 127 Å². The Morgan fingerprint density at radius 1 is 0.864 bits per heavy atom. The first-order valence-electron chi connectivity index (χ1n) is 5.75. The van der Waals surface area contributed by atoms with Gasteiger partial charge in [0.05, 0.1) is 5.56 Å². The van der Waals surface area contributed by atoms with Crippen LogP contribution in [0.1, 0.15) is 5.56 Å². The Morgan fingerprint density at radius 2 is 1.45 bits per heavy atom. The topological polar surface area (TPSA) is 0 Å². The number of benzene rings is 2. The van der Waals surface area contributed by atoms with Gasteiger partial charge in [0.1, 0.15) is 17.5 Å². The van der Waals surface area contributed by atoms with Crippen LogP contribution in [-0.4, -0.2) is 6.18 Å². The maximum absolute atomic E-state index is 13.7. The molecule has 0 amide bonds. The van der Waals surface area contributed by atoms with E-state index in [4.69, 9.17) is 0 Å². The van der Waals surface area contributed by atoms with E-state index in [0.29, 0.717) is 4.90 Å². The molecule has 0 spiro atoms. The van der Waals surface area contributed by atoms with Crippen LogP contribution in [0.4, 0.5) is 26.3 Å². The molecular formula is C15H6F6S.